The third kappa shape index (κ3) is 3.81. The largest absolute Gasteiger partial charge is 0.387 e. The van der Waals surface area contributed by atoms with Crippen LogP contribution >= 0.6 is 0 Å². The van der Waals surface area contributed by atoms with E-state index in [1.54, 1.807) is 7.11 Å². The second kappa shape index (κ2) is 7.21. The molecule has 3 nitrogen and oxygen atoms in total. The molecule has 1 N–H and O–H groups in total. The van der Waals surface area contributed by atoms with Crippen LogP contribution in [0.15, 0.2) is 24.3 Å². The summed E-state index contributed by atoms with van der Waals surface area (Å²) in [6.45, 7) is 7.17. The van der Waals surface area contributed by atoms with Gasteiger partial charge >= 0.3 is 0 Å². The summed E-state index contributed by atoms with van der Waals surface area (Å²) in [5, 5.41) is 10.5. The molecule has 2 unspecified atom stereocenters. The molecule has 1 aromatic carbocycles. The molecule has 0 aliphatic carbocycles. The Morgan fingerprint density at radius 3 is 2.40 bits per heavy atom. The highest BCUT2D eigenvalue weighted by molar-refractivity contribution is 5.24. The van der Waals surface area contributed by atoms with E-state index in [-0.39, 0.29) is 6.04 Å². The molecule has 1 fully saturated rings. The number of rotatable bonds is 5. The first-order valence-electron chi connectivity index (χ1n) is 7.59. The molecule has 0 radical (unpaired) electrons. The Kier molecular flexibility index (Phi) is 5.58. The summed E-state index contributed by atoms with van der Waals surface area (Å²) in [6.07, 6.45) is 1.92. The summed E-state index contributed by atoms with van der Waals surface area (Å²) in [7, 11) is 1.77. The maximum atomic E-state index is 10.5. The average Bonchev–Trinajstić information content (AvgIpc) is 2.48. The predicted molar refractivity (Wildman–Crippen MR) is 81.8 cm³/mol. The van der Waals surface area contributed by atoms with Crippen LogP contribution in [0.25, 0.3) is 0 Å². The van der Waals surface area contributed by atoms with Crippen LogP contribution in [0, 0.1) is 12.8 Å². The Hall–Kier alpha value is -0.900. The minimum Gasteiger partial charge on any atom is -0.387 e. The van der Waals surface area contributed by atoms with Crippen molar-refractivity contribution < 1.29 is 9.84 Å². The van der Waals surface area contributed by atoms with E-state index in [1.165, 1.54) is 18.4 Å². The highest BCUT2D eigenvalue weighted by Gasteiger charge is 2.27. The van der Waals surface area contributed by atoms with E-state index < -0.39 is 6.10 Å². The summed E-state index contributed by atoms with van der Waals surface area (Å²) in [4.78, 5) is 2.40. The number of ether oxygens (including phenoxy) is 1. The lowest BCUT2D eigenvalue weighted by atomic mass is 9.94. The van der Waals surface area contributed by atoms with Crippen molar-refractivity contribution in [1.29, 1.82) is 0 Å². The molecule has 20 heavy (non-hydrogen) atoms. The fourth-order valence-electron chi connectivity index (χ4n) is 3.00. The highest BCUT2D eigenvalue weighted by Crippen LogP contribution is 2.26. The lowest BCUT2D eigenvalue weighted by molar-refractivity contribution is 0.0252. The lowest BCUT2D eigenvalue weighted by Gasteiger charge is -2.37. The zero-order chi connectivity index (χ0) is 14.5. The second-order valence-electron chi connectivity index (χ2n) is 6.03. The molecule has 0 aromatic heterocycles. The molecule has 0 spiro atoms. The van der Waals surface area contributed by atoms with Crippen molar-refractivity contribution in [1.82, 2.24) is 4.90 Å². The molecule has 0 bridgehead atoms. The number of aliphatic hydroxyl groups excluding tert-OH is 1. The van der Waals surface area contributed by atoms with Crippen LogP contribution in [0.4, 0.5) is 0 Å². The summed E-state index contributed by atoms with van der Waals surface area (Å²) in [6, 6.07) is 8.37. The van der Waals surface area contributed by atoms with E-state index in [1.807, 2.05) is 12.1 Å². The molecule has 1 aliphatic heterocycles. The maximum absolute atomic E-state index is 10.5. The Labute approximate surface area is 122 Å². The van der Waals surface area contributed by atoms with E-state index in [0.29, 0.717) is 5.92 Å². The molecular formula is C17H27NO2. The van der Waals surface area contributed by atoms with Gasteiger partial charge in [-0.25, -0.2) is 0 Å². The molecular weight excluding hydrogens is 250 g/mol. The minimum atomic E-state index is -0.408. The number of piperidine rings is 1. The molecule has 3 heteroatoms. The smallest absolute Gasteiger partial charge is 0.0942 e. The first kappa shape index (κ1) is 15.5. The lowest BCUT2D eigenvalue weighted by Crippen LogP contribution is -2.43. The molecule has 1 saturated heterocycles. The van der Waals surface area contributed by atoms with Crippen molar-refractivity contribution >= 4 is 0 Å². The molecule has 1 aromatic rings. The van der Waals surface area contributed by atoms with Crippen LogP contribution in [0.3, 0.4) is 0 Å². The summed E-state index contributed by atoms with van der Waals surface area (Å²) < 4.78 is 5.24. The van der Waals surface area contributed by atoms with Crippen molar-refractivity contribution in [2.24, 2.45) is 5.92 Å². The van der Waals surface area contributed by atoms with Gasteiger partial charge in [0.15, 0.2) is 0 Å². The van der Waals surface area contributed by atoms with Crippen LogP contribution in [-0.4, -0.2) is 42.9 Å². The standard InChI is InChI=1S/C17H27NO2/c1-13-4-6-16(7-5-13)17(19)14(2)18-10-8-15(9-11-18)12-20-3/h4-7,14-15,17,19H,8-12H2,1-3H3. The van der Waals surface area contributed by atoms with Gasteiger partial charge in [0.1, 0.15) is 0 Å². The number of nitrogens with zero attached hydrogens (tertiary/aromatic N) is 1. The van der Waals surface area contributed by atoms with E-state index in [4.69, 9.17) is 4.74 Å². The minimum absolute atomic E-state index is 0.168. The molecule has 1 aliphatic rings. The predicted octanol–water partition coefficient (Wildman–Crippen LogP) is 2.78. The third-order valence-electron chi connectivity index (χ3n) is 4.50. The average molecular weight is 277 g/mol. The molecule has 112 valence electrons. The number of aliphatic hydroxyl groups is 1. The fraction of sp³-hybridized carbons (Fsp3) is 0.647. The van der Waals surface area contributed by atoms with Crippen LogP contribution < -0.4 is 0 Å². The van der Waals surface area contributed by atoms with Gasteiger partial charge in [0.2, 0.25) is 0 Å². The zero-order valence-electron chi connectivity index (χ0n) is 12.9. The Bertz CT molecular complexity index is 396. The van der Waals surface area contributed by atoms with Crippen molar-refractivity contribution in [2.75, 3.05) is 26.8 Å². The van der Waals surface area contributed by atoms with Gasteiger partial charge in [0, 0.05) is 19.8 Å². The number of hydrogen-bond acceptors (Lipinski definition) is 3. The monoisotopic (exact) mass is 277 g/mol. The quantitative estimate of drug-likeness (QED) is 0.898. The summed E-state index contributed by atoms with van der Waals surface area (Å²) in [5.41, 5.74) is 2.25. The number of methoxy groups -OCH3 is 1. The summed E-state index contributed by atoms with van der Waals surface area (Å²) in [5.74, 6) is 0.681. The van der Waals surface area contributed by atoms with Gasteiger partial charge < -0.3 is 9.84 Å². The van der Waals surface area contributed by atoms with Gasteiger partial charge in [-0.1, -0.05) is 29.8 Å². The van der Waals surface area contributed by atoms with Crippen molar-refractivity contribution in [3.8, 4) is 0 Å². The van der Waals surface area contributed by atoms with Gasteiger partial charge in [0.25, 0.3) is 0 Å². The van der Waals surface area contributed by atoms with E-state index >= 15 is 0 Å². The van der Waals surface area contributed by atoms with Crippen molar-refractivity contribution in [3.05, 3.63) is 35.4 Å². The van der Waals surface area contributed by atoms with Crippen LogP contribution in [-0.2, 0) is 4.74 Å². The topological polar surface area (TPSA) is 32.7 Å². The molecule has 1 heterocycles. The zero-order valence-corrected chi connectivity index (χ0v) is 12.9. The number of hydrogen-bond donors (Lipinski definition) is 1. The molecule has 2 atom stereocenters. The van der Waals surface area contributed by atoms with Gasteiger partial charge in [-0.2, -0.15) is 0 Å². The highest BCUT2D eigenvalue weighted by atomic mass is 16.5. The first-order valence-corrected chi connectivity index (χ1v) is 7.59. The van der Waals surface area contributed by atoms with Crippen molar-refractivity contribution in [3.63, 3.8) is 0 Å². The normalized spacial score (nSPS) is 20.8. The summed E-state index contributed by atoms with van der Waals surface area (Å²) >= 11 is 0. The molecule has 0 saturated carbocycles. The Morgan fingerprint density at radius 1 is 1.25 bits per heavy atom. The van der Waals surface area contributed by atoms with Gasteiger partial charge in [0.05, 0.1) is 6.10 Å². The molecule has 0 amide bonds. The SMILES string of the molecule is COCC1CCN(C(C)C(O)c2ccc(C)cc2)CC1. The Morgan fingerprint density at radius 2 is 1.85 bits per heavy atom. The van der Waals surface area contributed by atoms with Crippen molar-refractivity contribution in [2.45, 2.75) is 38.8 Å². The van der Waals surface area contributed by atoms with Gasteiger partial charge in [-0.05, 0) is 51.3 Å². The Balaban J connectivity index is 1.91. The van der Waals surface area contributed by atoms with E-state index in [2.05, 4.69) is 30.9 Å². The first-order chi connectivity index (χ1) is 9.61. The van der Waals surface area contributed by atoms with Crippen LogP contribution in [0.1, 0.15) is 37.0 Å². The number of aryl methyl sites for hydroxylation is 1. The third-order valence-corrected chi connectivity index (χ3v) is 4.50. The number of benzene rings is 1. The number of likely N-dealkylation sites (tertiary alicyclic amines) is 1. The molecule has 2 rings (SSSR count). The van der Waals surface area contributed by atoms with E-state index in [9.17, 15) is 5.11 Å². The van der Waals surface area contributed by atoms with Gasteiger partial charge in [-0.15, -0.1) is 0 Å². The van der Waals surface area contributed by atoms with Gasteiger partial charge in [-0.3, -0.25) is 4.90 Å². The van der Waals surface area contributed by atoms with Crippen LogP contribution in [0.5, 0.6) is 0 Å². The van der Waals surface area contributed by atoms with E-state index in [0.717, 1.165) is 25.3 Å². The van der Waals surface area contributed by atoms with Crippen LogP contribution in [0.2, 0.25) is 0 Å². The maximum Gasteiger partial charge on any atom is 0.0942 e. The second-order valence-corrected chi connectivity index (χ2v) is 6.03. The fourth-order valence-corrected chi connectivity index (χ4v) is 3.00.